The Morgan fingerprint density at radius 1 is 1.34 bits per heavy atom. The predicted molar refractivity (Wildman–Crippen MR) is 105 cm³/mol. The van der Waals surface area contributed by atoms with Gasteiger partial charge in [0.2, 0.25) is 5.95 Å². The lowest BCUT2D eigenvalue weighted by atomic mass is 10.1. The molecule has 0 saturated carbocycles. The highest BCUT2D eigenvalue weighted by Gasteiger charge is 2.59. The molecule has 1 aromatic carbocycles. The summed E-state index contributed by atoms with van der Waals surface area (Å²) in [7, 11) is 2.06. The molecule has 2 radical (unpaired) electrons. The number of hydrogen-bond acceptors (Lipinski definition) is 10. The summed E-state index contributed by atoms with van der Waals surface area (Å²) in [6.45, 7) is -0.0337. The van der Waals surface area contributed by atoms with E-state index in [-0.39, 0.29) is 24.1 Å². The molecule has 150 valence electrons. The number of rotatable bonds is 2. The van der Waals surface area contributed by atoms with Crippen LogP contribution in [0.4, 0.5) is 17.5 Å². The summed E-state index contributed by atoms with van der Waals surface area (Å²) in [5.74, 6) is 0.169. The second-order valence-corrected chi connectivity index (χ2v) is 8.60. The maximum Gasteiger partial charge on any atom is 0.488 e. The van der Waals surface area contributed by atoms with Gasteiger partial charge in [0.15, 0.2) is 18.1 Å². The molecule has 0 spiro atoms. The monoisotopic (exact) mass is 418 g/mol. The third-order valence-electron chi connectivity index (χ3n) is 5.12. The first-order chi connectivity index (χ1) is 13.8. The fraction of sp³-hybridized carbons (Fsp3) is 0.375. The predicted octanol–water partition coefficient (Wildman–Crippen LogP) is -0.378. The van der Waals surface area contributed by atoms with Crippen LogP contribution in [-0.4, -0.2) is 58.7 Å². The number of hydrogen-bond donors (Lipinski definition) is 5. The second-order valence-electron chi connectivity index (χ2n) is 7.00. The number of nitrogens with zero attached hydrogens (tertiary/aromatic N) is 2. The van der Waals surface area contributed by atoms with Crippen LogP contribution in [0.25, 0.3) is 0 Å². The Kier molecular flexibility index (Phi) is 4.32. The van der Waals surface area contributed by atoms with Gasteiger partial charge in [0, 0.05) is 0 Å². The Labute approximate surface area is 166 Å². The highest BCUT2D eigenvalue weighted by atomic mass is 31.2. The molecular formula is C16H18BN5O6P+. The van der Waals surface area contributed by atoms with E-state index >= 15 is 0 Å². The molecule has 3 aliphatic rings. The molecule has 6 atom stereocenters. The van der Waals surface area contributed by atoms with E-state index in [9.17, 15) is 14.8 Å². The third-order valence-corrected chi connectivity index (χ3v) is 6.18. The lowest BCUT2D eigenvalue weighted by Crippen LogP contribution is -2.47. The van der Waals surface area contributed by atoms with Crippen molar-refractivity contribution in [2.24, 2.45) is 0 Å². The van der Waals surface area contributed by atoms with E-state index in [0.29, 0.717) is 0 Å². The van der Waals surface area contributed by atoms with Crippen LogP contribution < -0.4 is 21.5 Å². The smallest absolute Gasteiger partial charge is 0.385 e. The maximum absolute atomic E-state index is 12.4. The Morgan fingerprint density at radius 3 is 2.86 bits per heavy atom. The van der Waals surface area contributed by atoms with Crippen molar-refractivity contribution in [1.82, 2.24) is 9.97 Å². The first kappa shape index (κ1) is 18.8. The van der Waals surface area contributed by atoms with Gasteiger partial charge in [-0.05, 0) is 5.56 Å². The number of H-pyrrole nitrogens is 1. The molecule has 0 aliphatic carbocycles. The molecule has 1 aromatic heterocycles. The molecule has 11 nitrogen and oxygen atoms in total. The minimum absolute atomic E-state index is 0.0337. The summed E-state index contributed by atoms with van der Waals surface area (Å²) in [5, 5.41) is 14.1. The summed E-state index contributed by atoms with van der Waals surface area (Å²) < 4.78 is 16.5. The standard InChI is InChI=1S/C16H18BN5O6P/c17-29(25)26-6-8-11(28-29)10(23)15(27-8)22-12(7-4-2-1-3-5-7)19-9-13(22)20-16(18)21-14(9)24/h1-5,8,10-12,15,19,23,25H,6H2,(H3,18,20,21,24)/q+1/t8-,10?,11-,12?,15?,29?/m1/s1. The van der Waals surface area contributed by atoms with Crippen molar-refractivity contribution in [3.05, 3.63) is 46.2 Å². The van der Waals surface area contributed by atoms with Gasteiger partial charge in [-0.25, -0.2) is 4.89 Å². The van der Waals surface area contributed by atoms with Crippen LogP contribution in [0.3, 0.4) is 0 Å². The molecule has 4 heterocycles. The number of aromatic amines is 1. The van der Waals surface area contributed by atoms with E-state index in [1.807, 2.05) is 30.3 Å². The molecule has 3 aliphatic heterocycles. The van der Waals surface area contributed by atoms with Crippen molar-refractivity contribution in [1.29, 1.82) is 0 Å². The largest absolute Gasteiger partial charge is 0.488 e. The summed E-state index contributed by atoms with van der Waals surface area (Å²) in [5.41, 5.74) is 6.33. The molecule has 29 heavy (non-hydrogen) atoms. The SMILES string of the molecule is [B][P+]1(O)OC[C@H]2OC(N3c4nc(N)[nH]c(=O)c4NC3c3ccccc3)C(O)[C@@H]2O1. The fourth-order valence-corrected chi connectivity index (χ4v) is 4.90. The average molecular weight is 418 g/mol. The number of aliphatic hydroxyl groups is 1. The van der Waals surface area contributed by atoms with Gasteiger partial charge in [0.1, 0.15) is 30.7 Å². The fourth-order valence-electron chi connectivity index (χ4n) is 3.87. The Morgan fingerprint density at radius 2 is 2.10 bits per heavy atom. The van der Waals surface area contributed by atoms with Crippen LogP contribution in [0.5, 0.6) is 0 Å². The van der Waals surface area contributed by atoms with Gasteiger partial charge in [-0.15, -0.1) is 0 Å². The van der Waals surface area contributed by atoms with Crippen molar-refractivity contribution in [3.8, 4) is 0 Å². The number of aromatic nitrogens is 2. The highest BCUT2D eigenvalue weighted by molar-refractivity contribution is 7.85. The molecule has 4 unspecified atom stereocenters. The number of nitrogen functional groups attached to an aromatic ring is 1. The van der Waals surface area contributed by atoms with Gasteiger partial charge < -0.3 is 25.8 Å². The molecule has 2 saturated heterocycles. The van der Waals surface area contributed by atoms with Gasteiger partial charge in [0.05, 0.1) is 0 Å². The summed E-state index contributed by atoms with van der Waals surface area (Å²) in [6.07, 6.45) is -4.26. The second kappa shape index (κ2) is 6.66. The quantitative estimate of drug-likeness (QED) is 0.322. The molecule has 2 aromatic rings. The number of fused-ring (bicyclic) bond motifs is 2. The van der Waals surface area contributed by atoms with E-state index in [0.717, 1.165) is 5.56 Å². The first-order valence-electron chi connectivity index (χ1n) is 8.90. The minimum atomic E-state index is -3.52. The van der Waals surface area contributed by atoms with E-state index in [1.165, 1.54) is 0 Å². The number of anilines is 3. The lowest BCUT2D eigenvalue weighted by molar-refractivity contribution is -0.0449. The number of ether oxygens (including phenoxy) is 1. The number of benzene rings is 1. The molecule has 6 N–H and O–H groups in total. The number of nitrogens with two attached hydrogens (primary N) is 1. The normalized spacial score (nSPS) is 35.8. The van der Waals surface area contributed by atoms with E-state index < -0.39 is 44.1 Å². The zero-order valence-corrected chi connectivity index (χ0v) is 15.9. The zero-order valence-electron chi connectivity index (χ0n) is 15.0. The van der Waals surface area contributed by atoms with Gasteiger partial charge in [0.25, 0.3) is 5.56 Å². The highest BCUT2D eigenvalue weighted by Crippen LogP contribution is 2.58. The lowest BCUT2D eigenvalue weighted by Gasteiger charge is -2.33. The topological polar surface area (TPSA) is 155 Å². The van der Waals surface area contributed by atoms with Crippen molar-refractivity contribution in [3.63, 3.8) is 0 Å². The van der Waals surface area contributed by atoms with Crippen LogP contribution >= 0.6 is 7.82 Å². The van der Waals surface area contributed by atoms with Gasteiger partial charge in [-0.2, -0.15) is 14.0 Å². The van der Waals surface area contributed by atoms with Crippen LogP contribution in [-0.2, 0) is 13.8 Å². The molecule has 0 bridgehead atoms. The van der Waals surface area contributed by atoms with Crippen LogP contribution in [0.2, 0.25) is 0 Å². The molecule has 0 amide bonds. The van der Waals surface area contributed by atoms with Gasteiger partial charge >= 0.3 is 15.4 Å². The van der Waals surface area contributed by atoms with E-state index in [1.54, 1.807) is 4.90 Å². The summed E-state index contributed by atoms with van der Waals surface area (Å²) in [4.78, 5) is 30.7. The molecule has 13 heteroatoms. The Balaban J connectivity index is 1.57. The zero-order chi connectivity index (χ0) is 20.3. The molecule has 5 rings (SSSR count). The number of aliphatic hydroxyl groups excluding tert-OH is 1. The minimum Gasteiger partial charge on any atom is -0.385 e. The average Bonchev–Trinajstić information content (AvgIpc) is 3.20. The van der Waals surface area contributed by atoms with E-state index in [2.05, 4.69) is 15.3 Å². The van der Waals surface area contributed by atoms with E-state index in [4.69, 9.17) is 27.1 Å². The van der Waals surface area contributed by atoms with Crippen LogP contribution in [0, 0.1) is 0 Å². The van der Waals surface area contributed by atoms with Crippen molar-refractivity contribution < 1.29 is 23.8 Å². The van der Waals surface area contributed by atoms with Crippen LogP contribution in [0.1, 0.15) is 11.7 Å². The molecular weight excluding hydrogens is 400 g/mol. The number of nitrogens with one attached hydrogen (secondary N) is 2. The van der Waals surface area contributed by atoms with Crippen molar-refractivity contribution in [2.75, 3.05) is 22.6 Å². The Hall–Kier alpha value is -2.21. The summed E-state index contributed by atoms with van der Waals surface area (Å²) >= 11 is 0. The van der Waals surface area contributed by atoms with Crippen LogP contribution in [0.15, 0.2) is 35.1 Å². The van der Waals surface area contributed by atoms with Crippen molar-refractivity contribution >= 4 is 32.8 Å². The Bertz CT molecular complexity index is 994. The maximum atomic E-state index is 12.4. The van der Waals surface area contributed by atoms with Gasteiger partial charge in [-0.1, -0.05) is 30.3 Å². The first-order valence-corrected chi connectivity index (χ1v) is 10.6. The van der Waals surface area contributed by atoms with Gasteiger partial charge in [-0.3, -0.25) is 9.78 Å². The van der Waals surface area contributed by atoms with Crippen molar-refractivity contribution in [2.45, 2.75) is 30.7 Å². The summed E-state index contributed by atoms with van der Waals surface area (Å²) in [6, 6.07) is 9.31. The molecule has 2 fully saturated rings. The third kappa shape index (κ3) is 3.09.